The van der Waals surface area contributed by atoms with Crippen LogP contribution in [0.15, 0.2) is 24.3 Å². The third-order valence-corrected chi connectivity index (χ3v) is 4.20. The molecule has 0 saturated carbocycles. The second-order valence-electron chi connectivity index (χ2n) is 6.20. The zero-order valence-corrected chi connectivity index (χ0v) is 14.2. The average Bonchev–Trinajstić information content (AvgIpc) is 2.99. The lowest BCUT2D eigenvalue weighted by Gasteiger charge is -2.18. The van der Waals surface area contributed by atoms with Crippen LogP contribution >= 0.6 is 0 Å². The summed E-state index contributed by atoms with van der Waals surface area (Å²) in [5, 5.41) is 5.49. The highest BCUT2D eigenvalue weighted by Crippen LogP contribution is 2.22. The number of amides is 2. The molecule has 0 radical (unpaired) electrons. The number of benzene rings is 1. The van der Waals surface area contributed by atoms with Gasteiger partial charge in [0.15, 0.2) is 0 Å². The van der Waals surface area contributed by atoms with Crippen molar-refractivity contribution in [1.29, 1.82) is 0 Å². The molecule has 0 aliphatic carbocycles. The maximum absolute atomic E-state index is 12.4. The van der Waals surface area contributed by atoms with Gasteiger partial charge in [-0.3, -0.25) is 4.90 Å². The summed E-state index contributed by atoms with van der Waals surface area (Å²) in [6, 6.07) is 7.29. The van der Waals surface area contributed by atoms with Gasteiger partial charge in [0.25, 0.3) is 0 Å². The number of methoxy groups -OCH3 is 1. The number of urea groups is 1. The van der Waals surface area contributed by atoms with E-state index in [1.165, 1.54) is 4.90 Å². The van der Waals surface area contributed by atoms with Crippen LogP contribution in [-0.2, 0) is 6.42 Å². The fourth-order valence-electron chi connectivity index (χ4n) is 3.00. The van der Waals surface area contributed by atoms with Crippen LogP contribution in [0.2, 0.25) is 0 Å². The Kier molecular flexibility index (Phi) is 6.92. The normalized spacial score (nSPS) is 18.2. The first kappa shape index (κ1) is 19.4. The Morgan fingerprint density at radius 2 is 2.08 bits per heavy atom. The number of nitrogens with one attached hydrogen (secondary N) is 2. The topological polar surface area (TPSA) is 53.6 Å². The predicted octanol–water partition coefficient (Wildman–Crippen LogP) is 2.42. The van der Waals surface area contributed by atoms with Crippen molar-refractivity contribution in [2.75, 3.05) is 39.8 Å². The van der Waals surface area contributed by atoms with Crippen LogP contribution in [0.4, 0.5) is 18.0 Å². The first-order chi connectivity index (χ1) is 11.9. The number of likely N-dealkylation sites (tertiary alicyclic amines) is 1. The number of hydrogen-bond acceptors (Lipinski definition) is 3. The number of alkyl halides is 3. The Bertz CT molecular complexity index is 566. The van der Waals surface area contributed by atoms with Gasteiger partial charge in [0.2, 0.25) is 0 Å². The Morgan fingerprint density at radius 3 is 2.80 bits per heavy atom. The molecule has 5 nitrogen and oxygen atoms in total. The number of hydrogen-bond donors (Lipinski definition) is 2. The SMILES string of the molecule is COc1ccccc1CCNC(=O)NCC1CCN(CC(F)(F)F)C1. The molecule has 1 aromatic carbocycles. The summed E-state index contributed by atoms with van der Waals surface area (Å²) in [7, 11) is 1.60. The molecule has 1 atom stereocenters. The van der Waals surface area contributed by atoms with E-state index in [0.717, 1.165) is 11.3 Å². The molecule has 1 saturated heterocycles. The zero-order chi connectivity index (χ0) is 18.3. The minimum absolute atomic E-state index is 0.0577. The Hall–Kier alpha value is -1.96. The number of carbonyl (C=O) groups is 1. The fourth-order valence-corrected chi connectivity index (χ4v) is 3.00. The van der Waals surface area contributed by atoms with Crippen LogP contribution in [-0.4, -0.2) is 56.9 Å². The molecule has 1 fully saturated rings. The highest BCUT2D eigenvalue weighted by atomic mass is 19.4. The van der Waals surface area contributed by atoms with Gasteiger partial charge in [-0.1, -0.05) is 18.2 Å². The lowest BCUT2D eigenvalue weighted by Crippen LogP contribution is -2.40. The molecule has 1 aliphatic heterocycles. The molecule has 8 heteroatoms. The van der Waals surface area contributed by atoms with E-state index in [0.29, 0.717) is 39.0 Å². The van der Waals surface area contributed by atoms with E-state index in [1.807, 2.05) is 24.3 Å². The molecule has 2 amide bonds. The molecule has 2 N–H and O–H groups in total. The lowest BCUT2D eigenvalue weighted by atomic mass is 10.1. The molecule has 0 bridgehead atoms. The summed E-state index contributed by atoms with van der Waals surface area (Å²) in [6.45, 7) is 0.739. The van der Waals surface area contributed by atoms with Gasteiger partial charge in [0, 0.05) is 19.6 Å². The molecule has 1 aromatic rings. The van der Waals surface area contributed by atoms with Crippen LogP contribution in [0.25, 0.3) is 0 Å². The maximum Gasteiger partial charge on any atom is 0.401 e. The van der Waals surface area contributed by atoms with Crippen molar-refractivity contribution in [3.05, 3.63) is 29.8 Å². The van der Waals surface area contributed by atoms with Crippen LogP contribution in [0, 0.1) is 5.92 Å². The van der Waals surface area contributed by atoms with E-state index in [4.69, 9.17) is 4.74 Å². The van der Waals surface area contributed by atoms with Gasteiger partial charge >= 0.3 is 12.2 Å². The molecular weight excluding hydrogens is 335 g/mol. The number of rotatable bonds is 7. The van der Waals surface area contributed by atoms with Gasteiger partial charge in [-0.15, -0.1) is 0 Å². The summed E-state index contributed by atoms with van der Waals surface area (Å²) in [5.74, 6) is 0.836. The third kappa shape index (κ3) is 6.81. The van der Waals surface area contributed by atoms with E-state index in [2.05, 4.69) is 10.6 Å². The standard InChI is InChI=1S/C17H24F3N3O2/c1-25-15-5-3-2-4-14(15)6-8-21-16(24)22-10-13-7-9-23(11-13)12-17(18,19)20/h2-5,13H,6-12H2,1H3,(H2,21,22,24). The van der Waals surface area contributed by atoms with E-state index in [-0.39, 0.29) is 11.9 Å². The number of carbonyl (C=O) groups excluding carboxylic acids is 1. The first-order valence-electron chi connectivity index (χ1n) is 8.30. The van der Waals surface area contributed by atoms with Gasteiger partial charge in [-0.25, -0.2) is 4.79 Å². The van der Waals surface area contributed by atoms with Gasteiger partial charge in [-0.2, -0.15) is 13.2 Å². The Labute approximate surface area is 145 Å². The number of para-hydroxylation sites is 1. The monoisotopic (exact) mass is 359 g/mol. The van der Waals surface area contributed by atoms with Crippen molar-refractivity contribution >= 4 is 6.03 Å². The highest BCUT2D eigenvalue weighted by molar-refractivity contribution is 5.73. The molecule has 140 valence electrons. The molecule has 1 heterocycles. The Balaban J connectivity index is 1.63. The molecule has 0 spiro atoms. The molecule has 2 rings (SSSR count). The van der Waals surface area contributed by atoms with Gasteiger partial charge < -0.3 is 15.4 Å². The number of halogens is 3. The van der Waals surface area contributed by atoms with Crippen molar-refractivity contribution in [3.8, 4) is 5.75 Å². The van der Waals surface area contributed by atoms with Gasteiger partial charge in [-0.05, 0) is 36.9 Å². The molecule has 0 aromatic heterocycles. The van der Waals surface area contributed by atoms with E-state index in [9.17, 15) is 18.0 Å². The minimum atomic E-state index is -4.17. The van der Waals surface area contributed by atoms with Gasteiger partial charge in [0.1, 0.15) is 5.75 Å². The summed E-state index contributed by atoms with van der Waals surface area (Å²) in [4.78, 5) is 13.2. The predicted molar refractivity (Wildman–Crippen MR) is 88.7 cm³/mol. The second kappa shape index (κ2) is 8.94. The molecule has 25 heavy (non-hydrogen) atoms. The lowest BCUT2D eigenvalue weighted by molar-refractivity contribution is -0.143. The molecule has 1 aliphatic rings. The minimum Gasteiger partial charge on any atom is -0.496 e. The zero-order valence-electron chi connectivity index (χ0n) is 14.2. The summed E-state index contributed by atoms with van der Waals surface area (Å²) < 4.78 is 42.3. The summed E-state index contributed by atoms with van der Waals surface area (Å²) >= 11 is 0. The van der Waals surface area contributed by atoms with Gasteiger partial charge in [0.05, 0.1) is 13.7 Å². The van der Waals surface area contributed by atoms with Crippen molar-refractivity contribution in [3.63, 3.8) is 0 Å². The maximum atomic E-state index is 12.4. The Morgan fingerprint density at radius 1 is 1.32 bits per heavy atom. The van der Waals surface area contributed by atoms with Crippen LogP contribution in [0.3, 0.4) is 0 Å². The average molecular weight is 359 g/mol. The molecule has 1 unspecified atom stereocenters. The highest BCUT2D eigenvalue weighted by Gasteiger charge is 2.34. The van der Waals surface area contributed by atoms with E-state index >= 15 is 0 Å². The fraction of sp³-hybridized carbons (Fsp3) is 0.588. The summed E-state index contributed by atoms with van der Waals surface area (Å²) in [5.41, 5.74) is 1.00. The van der Waals surface area contributed by atoms with E-state index in [1.54, 1.807) is 7.11 Å². The van der Waals surface area contributed by atoms with Crippen molar-refractivity contribution in [2.24, 2.45) is 5.92 Å². The van der Waals surface area contributed by atoms with Crippen molar-refractivity contribution < 1.29 is 22.7 Å². The van der Waals surface area contributed by atoms with Crippen LogP contribution in [0.1, 0.15) is 12.0 Å². The second-order valence-corrected chi connectivity index (χ2v) is 6.20. The summed E-state index contributed by atoms with van der Waals surface area (Å²) in [6.07, 6.45) is -2.87. The first-order valence-corrected chi connectivity index (χ1v) is 8.30. The van der Waals surface area contributed by atoms with Crippen molar-refractivity contribution in [2.45, 2.75) is 19.0 Å². The molecular formula is C17H24F3N3O2. The quantitative estimate of drug-likeness (QED) is 0.786. The largest absolute Gasteiger partial charge is 0.496 e. The smallest absolute Gasteiger partial charge is 0.401 e. The van der Waals surface area contributed by atoms with Crippen LogP contribution < -0.4 is 15.4 Å². The number of ether oxygens (including phenoxy) is 1. The third-order valence-electron chi connectivity index (χ3n) is 4.20. The number of nitrogens with zero attached hydrogens (tertiary/aromatic N) is 1. The van der Waals surface area contributed by atoms with Crippen LogP contribution in [0.5, 0.6) is 5.75 Å². The van der Waals surface area contributed by atoms with Crippen molar-refractivity contribution in [1.82, 2.24) is 15.5 Å². The van der Waals surface area contributed by atoms with E-state index < -0.39 is 12.7 Å².